The second-order valence-electron chi connectivity index (χ2n) is 10.1. The predicted molar refractivity (Wildman–Crippen MR) is 150 cm³/mol. The van der Waals surface area contributed by atoms with E-state index < -0.39 is 29.3 Å². The molecule has 0 aliphatic heterocycles. The number of anilines is 2. The van der Waals surface area contributed by atoms with E-state index in [2.05, 4.69) is 15.8 Å². The Morgan fingerprint density at radius 2 is 1.70 bits per heavy atom. The largest absolute Gasteiger partial charge is 0.497 e. The van der Waals surface area contributed by atoms with Gasteiger partial charge in [0.2, 0.25) is 17.7 Å². The van der Waals surface area contributed by atoms with Crippen molar-refractivity contribution in [3.05, 3.63) is 59.9 Å². The van der Waals surface area contributed by atoms with E-state index in [1.807, 2.05) is 20.8 Å². The van der Waals surface area contributed by atoms with Crippen molar-refractivity contribution >= 4 is 29.2 Å². The summed E-state index contributed by atoms with van der Waals surface area (Å²) in [5.41, 5.74) is 0.193. The van der Waals surface area contributed by atoms with Crippen LogP contribution in [0.1, 0.15) is 51.0 Å². The maximum absolute atomic E-state index is 14.0. The second kappa shape index (κ2) is 13.0. The Labute approximate surface area is 233 Å². The van der Waals surface area contributed by atoms with Gasteiger partial charge in [0.05, 0.1) is 21.3 Å². The van der Waals surface area contributed by atoms with Crippen molar-refractivity contribution in [2.24, 2.45) is 0 Å². The summed E-state index contributed by atoms with van der Waals surface area (Å²) in [6.45, 7) is 7.24. The van der Waals surface area contributed by atoms with E-state index in [0.29, 0.717) is 34.3 Å². The molecular formula is C29H36N4O7. The molecule has 3 rings (SSSR count). The lowest BCUT2D eigenvalue weighted by atomic mass is 9.98. The van der Waals surface area contributed by atoms with Crippen LogP contribution in [-0.4, -0.2) is 49.7 Å². The van der Waals surface area contributed by atoms with E-state index in [1.54, 1.807) is 55.5 Å². The van der Waals surface area contributed by atoms with Crippen molar-refractivity contribution in [1.29, 1.82) is 0 Å². The van der Waals surface area contributed by atoms with Gasteiger partial charge in [-0.3, -0.25) is 19.3 Å². The summed E-state index contributed by atoms with van der Waals surface area (Å²) >= 11 is 0. The van der Waals surface area contributed by atoms with Gasteiger partial charge in [-0.2, -0.15) is 0 Å². The summed E-state index contributed by atoms with van der Waals surface area (Å²) in [6, 6.07) is 12.3. The average molecular weight is 553 g/mol. The molecule has 0 bridgehead atoms. The lowest BCUT2D eigenvalue weighted by Gasteiger charge is -2.34. The Kier molecular flexibility index (Phi) is 9.76. The highest BCUT2D eigenvalue weighted by Gasteiger charge is 2.37. The third-order valence-electron chi connectivity index (χ3n) is 5.79. The van der Waals surface area contributed by atoms with Crippen LogP contribution in [0.5, 0.6) is 17.2 Å². The zero-order valence-electron chi connectivity index (χ0n) is 23.9. The summed E-state index contributed by atoms with van der Waals surface area (Å²) in [5, 5.41) is 9.34. The molecule has 0 aliphatic rings. The van der Waals surface area contributed by atoms with Crippen molar-refractivity contribution in [2.45, 2.75) is 52.1 Å². The molecule has 3 amide bonds. The summed E-state index contributed by atoms with van der Waals surface area (Å²) in [5.74, 6) is 0.631. The third kappa shape index (κ3) is 7.52. The minimum absolute atomic E-state index is 0.159. The fraction of sp³-hybridized carbons (Fsp3) is 0.379. The van der Waals surface area contributed by atoms with Gasteiger partial charge in [0.15, 0.2) is 17.3 Å². The minimum atomic E-state index is -1.18. The molecular weight excluding hydrogens is 516 g/mol. The topological polar surface area (TPSA) is 132 Å². The molecule has 40 heavy (non-hydrogen) atoms. The summed E-state index contributed by atoms with van der Waals surface area (Å²) in [6.07, 6.45) is -0.362. The van der Waals surface area contributed by atoms with Crippen molar-refractivity contribution in [3.63, 3.8) is 0 Å². The highest BCUT2D eigenvalue weighted by Crippen LogP contribution is 2.40. The van der Waals surface area contributed by atoms with E-state index in [0.717, 1.165) is 0 Å². The van der Waals surface area contributed by atoms with Gasteiger partial charge in [0.25, 0.3) is 0 Å². The molecule has 0 aliphatic carbocycles. The van der Waals surface area contributed by atoms with Gasteiger partial charge in [0, 0.05) is 41.8 Å². The van der Waals surface area contributed by atoms with Crippen LogP contribution in [-0.2, 0) is 14.4 Å². The highest BCUT2D eigenvalue weighted by atomic mass is 16.5. The Morgan fingerprint density at radius 3 is 2.30 bits per heavy atom. The number of nitrogens with zero attached hydrogens (tertiary/aromatic N) is 2. The van der Waals surface area contributed by atoms with Gasteiger partial charge >= 0.3 is 0 Å². The number of rotatable bonds is 11. The van der Waals surface area contributed by atoms with E-state index in [1.165, 1.54) is 26.2 Å². The minimum Gasteiger partial charge on any atom is -0.497 e. The standard InChI is InChI=1S/C29H36N4O7/c1-18-16-23(32-40-18)30-24(34)14-15-25(35)33(19-10-8-11-20(17-19)37-5)26(28(36)31-29(2,3)4)21-12-9-13-22(38-6)27(21)39-7/h8-13,16-17,26H,14-15H2,1-7H3,(H,31,36)(H,30,32,34)/t26-/m1/s1. The number of carbonyl (C=O) groups is 3. The number of para-hydroxylation sites is 1. The van der Waals surface area contributed by atoms with Crippen LogP contribution in [0.25, 0.3) is 0 Å². The van der Waals surface area contributed by atoms with Crippen molar-refractivity contribution in [3.8, 4) is 17.2 Å². The molecule has 1 heterocycles. The highest BCUT2D eigenvalue weighted by molar-refractivity contribution is 6.03. The number of nitrogens with one attached hydrogen (secondary N) is 2. The maximum Gasteiger partial charge on any atom is 0.248 e. The summed E-state index contributed by atoms with van der Waals surface area (Å²) < 4.78 is 21.5. The number of hydrogen-bond donors (Lipinski definition) is 2. The zero-order chi connectivity index (χ0) is 29.4. The first-order valence-electron chi connectivity index (χ1n) is 12.7. The second-order valence-corrected chi connectivity index (χ2v) is 10.1. The van der Waals surface area contributed by atoms with Crippen molar-refractivity contribution in [2.75, 3.05) is 31.5 Å². The molecule has 11 nitrogen and oxygen atoms in total. The zero-order valence-corrected chi connectivity index (χ0v) is 23.9. The van der Waals surface area contributed by atoms with Gasteiger partial charge in [-0.25, -0.2) is 0 Å². The molecule has 11 heteroatoms. The van der Waals surface area contributed by atoms with E-state index in [4.69, 9.17) is 18.7 Å². The number of carbonyl (C=O) groups excluding carboxylic acids is 3. The van der Waals surface area contributed by atoms with Gasteiger partial charge in [-0.1, -0.05) is 23.4 Å². The third-order valence-corrected chi connectivity index (χ3v) is 5.79. The number of methoxy groups -OCH3 is 3. The van der Waals surface area contributed by atoms with Gasteiger partial charge in [-0.05, 0) is 45.9 Å². The van der Waals surface area contributed by atoms with Crippen LogP contribution in [0.3, 0.4) is 0 Å². The smallest absolute Gasteiger partial charge is 0.248 e. The fourth-order valence-electron chi connectivity index (χ4n) is 4.13. The van der Waals surface area contributed by atoms with Gasteiger partial charge in [-0.15, -0.1) is 0 Å². The van der Waals surface area contributed by atoms with E-state index in [-0.39, 0.29) is 18.7 Å². The Bertz CT molecular complexity index is 1350. The number of hydrogen-bond acceptors (Lipinski definition) is 8. The first-order valence-corrected chi connectivity index (χ1v) is 12.7. The van der Waals surface area contributed by atoms with Crippen LogP contribution >= 0.6 is 0 Å². The van der Waals surface area contributed by atoms with Crippen LogP contribution in [0.2, 0.25) is 0 Å². The first-order chi connectivity index (χ1) is 19.0. The number of ether oxygens (including phenoxy) is 3. The molecule has 2 N–H and O–H groups in total. The van der Waals surface area contributed by atoms with Gasteiger partial charge < -0.3 is 29.4 Å². The Balaban J connectivity index is 2.08. The fourth-order valence-corrected chi connectivity index (χ4v) is 4.13. The molecule has 1 aromatic heterocycles. The summed E-state index contributed by atoms with van der Waals surface area (Å²) in [4.78, 5) is 41.9. The molecule has 214 valence electrons. The van der Waals surface area contributed by atoms with E-state index >= 15 is 0 Å². The Hall–Kier alpha value is -4.54. The molecule has 0 radical (unpaired) electrons. The number of benzene rings is 2. The molecule has 0 spiro atoms. The van der Waals surface area contributed by atoms with Crippen LogP contribution in [0, 0.1) is 6.92 Å². The lowest BCUT2D eigenvalue weighted by Crippen LogP contribution is -2.49. The number of amides is 3. The molecule has 0 saturated carbocycles. The van der Waals surface area contributed by atoms with Crippen LogP contribution in [0.15, 0.2) is 53.1 Å². The molecule has 3 aromatic rings. The van der Waals surface area contributed by atoms with E-state index in [9.17, 15) is 14.4 Å². The quantitative estimate of drug-likeness (QED) is 0.357. The maximum atomic E-state index is 14.0. The normalized spacial score (nSPS) is 11.8. The average Bonchev–Trinajstić information content (AvgIpc) is 3.32. The van der Waals surface area contributed by atoms with Gasteiger partial charge in [0.1, 0.15) is 17.6 Å². The molecule has 2 aromatic carbocycles. The molecule has 0 saturated heterocycles. The van der Waals surface area contributed by atoms with Crippen LogP contribution < -0.4 is 29.7 Å². The predicted octanol–water partition coefficient (Wildman–Crippen LogP) is 4.42. The van der Waals surface area contributed by atoms with Crippen molar-refractivity contribution < 1.29 is 33.1 Å². The first kappa shape index (κ1) is 30.0. The van der Waals surface area contributed by atoms with Crippen molar-refractivity contribution in [1.82, 2.24) is 10.5 Å². The SMILES string of the molecule is COc1cccc(N(C(=O)CCC(=O)Nc2cc(C)on2)[C@@H](C(=O)NC(C)(C)C)c2cccc(OC)c2OC)c1. The Morgan fingerprint density at radius 1 is 0.975 bits per heavy atom. The van der Waals surface area contributed by atoms with Crippen LogP contribution in [0.4, 0.5) is 11.5 Å². The number of aryl methyl sites for hydroxylation is 1. The molecule has 1 atom stereocenters. The molecule has 0 unspecified atom stereocenters. The summed E-state index contributed by atoms with van der Waals surface area (Å²) in [7, 11) is 4.47. The number of aromatic nitrogens is 1. The lowest BCUT2D eigenvalue weighted by molar-refractivity contribution is -0.128. The molecule has 0 fully saturated rings. The monoisotopic (exact) mass is 552 g/mol.